The van der Waals surface area contributed by atoms with Crippen LogP contribution in [0, 0.1) is 13.8 Å². The van der Waals surface area contributed by atoms with Crippen molar-refractivity contribution in [2.24, 2.45) is 0 Å². The summed E-state index contributed by atoms with van der Waals surface area (Å²) in [7, 11) is 1.71. The Morgan fingerprint density at radius 2 is 1.76 bits per heavy atom. The lowest BCUT2D eigenvalue weighted by molar-refractivity contribution is 0.00267. The highest BCUT2D eigenvalue weighted by atomic mass is 16.5. The van der Waals surface area contributed by atoms with E-state index >= 15 is 0 Å². The molecule has 0 saturated heterocycles. The molecule has 1 N–H and O–H groups in total. The summed E-state index contributed by atoms with van der Waals surface area (Å²) >= 11 is 0. The fraction of sp³-hybridized carbons (Fsp3) is 0.600. The molecule has 17 heavy (non-hydrogen) atoms. The second-order valence-electron chi connectivity index (χ2n) is 5.32. The number of hydrogen-bond acceptors (Lipinski definition) is 2. The van der Waals surface area contributed by atoms with E-state index in [0.717, 1.165) is 29.5 Å². The molecule has 0 radical (unpaired) electrons. The molecule has 0 aliphatic heterocycles. The second kappa shape index (κ2) is 5.65. The summed E-state index contributed by atoms with van der Waals surface area (Å²) in [5.74, 6) is 0. The van der Waals surface area contributed by atoms with Crippen LogP contribution in [0.25, 0.3) is 0 Å². The van der Waals surface area contributed by atoms with Gasteiger partial charge in [0.05, 0.1) is 11.7 Å². The van der Waals surface area contributed by atoms with Crippen LogP contribution in [0.4, 0.5) is 0 Å². The summed E-state index contributed by atoms with van der Waals surface area (Å²) in [6.45, 7) is 8.19. The first-order valence-electron chi connectivity index (χ1n) is 6.17. The number of ether oxygens (including phenoxy) is 1. The molecule has 2 heteroatoms. The van der Waals surface area contributed by atoms with E-state index in [9.17, 15) is 5.11 Å². The average Bonchev–Trinajstić information content (AvgIpc) is 2.26. The number of aryl methyl sites for hydroxylation is 2. The van der Waals surface area contributed by atoms with Crippen LogP contribution >= 0.6 is 0 Å². The maximum atomic E-state index is 10.3. The molecule has 96 valence electrons. The van der Waals surface area contributed by atoms with Gasteiger partial charge >= 0.3 is 0 Å². The fourth-order valence-electron chi connectivity index (χ4n) is 2.08. The van der Waals surface area contributed by atoms with Crippen LogP contribution in [0.3, 0.4) is 0 Å². The van der Waals surface area contributed by atoms with Crippen molar-refractivity contribution in [3.8, 4) is 0 Å². The second-order valence-corrected chi connectivity index (χ2v) is 5.32. The zero-order chi connectivity index (χ0) is 13.1. The summed E-state index contributed by atoms with van der Waals surface area (Å²) in [6, 6.07) is 6.13. The number of benzene rings is 1. The lowest BCUT2D eigenvalue weighted by Crippen LogP contribution is -2.23. The van der Waals surface area contributed by atoms with Gasteiger partial charge in [-0.3, -0.25) is 0 Å². The maximum Gasteiger partial charge on any atom is 0.0796 e. The van der Waals surface area contributed by atoms with Crippen molar-refractivity contribution in [1.82, 2.24) is 0 Å². The molecule has 0 aromatic heterocycles. The Morgan fingerprint density at radius 3 is 2.24 bits per heavy atom. The van der Waals surface area contributed by atoms with Gasteiger partial charge in [-0.15, -0.1) is 0 Å². The van der Waals surface area contributed by atoms with Gasteiger partial charge in [-0.1, -0.05) is 18.2 Å². The van der Waals surface area contributed by atoms with Gasteiger partial charge in [-0.25, -0.2) is 0 Å². The quantitative estimate of drug-likeness (QED) is 0.847. The molecule has 1 aromatic rings. The predicted molar refractivity (Wildman–Crippen MR) is 71.2 cm³/mol. The van der Waals surface area contributed by atoms with E-state index in [0.29, 0.717) is 0 Å². The summed E-state index contributed by atoms with van der Waals surface area (Å²) in [6.07, 6.45) is 1.18. The number of aliphatic hydroxyl groups is 1. The zero-order valence-corrected chi connectivity index (χ0v) is 11.6. The Bertz CT molecular complexity index is 349. The molecule has 0 heterocycles. The van der Waals surface area contributed by atoms with Crippen molar-refractivity contribution < 1.29 is 9.84 Å². The van der Waals surface area contributed by atoms with Crippen LogP contribution in [0.1, 0.15) is 49.5 Å². The standard InChI is InChI=1S/C15H24O2/c1-11-7-6-8-12(2)14(11)13(16)9-10-15(3,4)17-5/h6-8,13,16H,9-10H2,1-5H3. The first-order chi connectivity index (χ1) is 7.87. The van der Waals surface area contributed by atoms with Gasteiger partial charge in [-0.2, -0.15) is 0 Å². The van der Waals surface area contributed by atoms with Crippen molar-refractivity contribution in [3.05, 3.63) is 34.9 Å². The number of aliphatic hydroxyl groups excluding tert-OH is 1. The van der Waals surface area contributed by atoms with E-state index in [1.807, 2.05) is 45.9 Å². The minimum Gasteiger partial charge on any atom is -0.388 e. The van der Waals surface area contributed by atoms with Gasteiger partial charge in [-0.05, 0) is 57.2 Å². The molecule has 0 amide bonds. The van der Waals surface area contributed by atoms with Crippen molar-refractivity contribution in [1.29, 1.82) is 0 Å². The van der Waals surface area contributed by atoms with Gasteiger partial charge < -0.3 is 9.84 Å². The highest BCUT2D eigenvalue weighted by Crippen LogP contribution is 2.28. The third-order valence-corrected chi connectivity index (χ3v) is 3.45. The Labute approximate surface area is 105 Å². The Kier molecular flexibility index (Phi) is 4.72. The Hall–Kier alpha value is -0.860. The van der Waals surface area contributed by atoms with Crippen molar-refractivity contribution >= 4 is 0 Å². The van der Waals surface area contributed by atoms with Crippen molar-refractivity contribution in [3.63, 3.8) is 0 Å². The van der Waals surface area contributed by atoms with Gasteiger partial charge in [0.25, 0.3) is 0 Å². The molecule has 1 unspecified atom stereocenters. The molecule has 0 bridgehead atoms. The van der Waals surface area contributed by atoms with Gasteiger partial charge in [0.2, 0.25) is 0 Å². The highest BCUT2D eigenvalue weighted by molar-refractivity contribution is 5.35. The smallest absolute Gasteiger partial charge is 0.0796 e. The molecule has 1 atom stereocenters. The van der Waals surface area contributed by atoms with Crippen LogP contribution in [0.2, 0.25) is 0 Å². The first kappa shape index (κ1) is 14.2. The topological polar surface area (TPSA) is 29.5 Å². The zero-order valence-electron chi connectivity index (χ0n) is 11.6. The van der Waals surface area contributed by atoms with E-state index in [1.54, 1.807) is 7.11 Å². The fourth-order valence-corrected chi connectivity index (χ4v) is 2.08. The minimum absolute atomic E-state index is 0.169. The molecule has 2 nitrogen and oxygen atoms in total. The van der Waals surface area contributed by atoms with E-state index in [4.69, 9.17) is 4.74 Å². The van der Waals surface area contributed by atoms with Crippen LogP contribution in [-0.4, -0.2) is 17.8 Å². The minimum atomic E-state index is -0.398. The van der Waals surface area contributed by atoms with Crippen LogP contribution < -0.4 is 0 Å². The molecule has 0 aliphatic rings. The Morgan fingerprint density at radius 1 is 1.24 bits per heavy atom. The molecule has 1 rings (SSSR count). The number of methoxy groups -OCH3 is 1. The monoisotopic (exact) mass is 236 g/mol. The van der Waals surface area contributed by atoms with E-state index in [1.165, 1.54) is 0 Å². The third-order valence-electron chi connectivity index (χ3n) is 3.45. The van der Waals surface area contributed by atoms with Gasteiger partial charge in [0.15, 0.2) is 0 Å². The normalized spacial score (nSPS) is 13.8. The number of hydrogen-bond donors (Lipinski definition) is 1. The molecule has 1 aromatic carbocycles. The molecular weight excluding hydrogens is 212 g/mol. The van der Waals surface area contributed by atoms with Crippen LogP contribution in [0.15, 0.2) is 18.2 Å². The first-order valence-corrected chi connectivity index (χ1v) is 6.17. The van der Waals surface area contributed by atoms with Crippen LogP contribution in [-0.2, 0) is 4.74 Å². The summed E-state index contributed by atoms with van der Waals surface area (Å²) in [5.41, 5.74) is 3.22. The molecule has 0 spiro atoms. The van der Waals surface area contributed by atoms with E-state index < -0.39 is 6.10 Å². The number of rotatable bonds is 5. The van der Waals surface area contributed by atoms with Gasteiger partial charge in [0.1, 0.15) is 0 Å². The molecular formula is C15H24O2. The summed E-state index contributed by atoms with van der Waals surface area (Å²) in [5, 5.41) is 10.3. The molecule has 0 saturated carbocycles. The predicted octanol–water partition coefficient (Wildman–Crippen LogP) is 3.54. The average molecular weight is 236 g/mol. The molecule has 0 fully saturated rings. The Balaban J connectivity index is 2.74. The summed E-state index contributed by atoms with van der Waals surface area (Å²) in [4.78, 5) is 0. The van der Waals surface area contributed by atoms with Crippen molar-refractivity contribution in [2.45, 2.75) is 52.2 Å². The lowest BCUT2D eigenvalue weighted by Gasteiger charge is -2.25. The lowest BCUT2D eigenvalue weighted by atomic mass is 9.92. The molecule has 0 aliphatic carbocycles. The summed E-state index contributed by atoms with van der Waals surface area (Å²) < 4.78 is 5.37. The third kappa shape index (κ3) is 3.83. The van der Waals surface area contributed by atoms with E-state index in [-0.39, 0.29) is 5.60 Å². The van der Waals surface area contributed by atoms with Gasteiger partial charge in [0, 0.05) is 7.11 Å². The van der Waals surface area contributed by atoms with Crippen molar-refractivity contribution in [2.75, 3.05) is 7.11 Å². The van der Waals surface area contributed by atoms with Crippen LogP contribution in [0.5, 0.6) is 0 Å². The SMILES string of the molecule is COC(C)(C)CCC(O)c1c(C)cccc1C. The largest absolute Gasteiger partial charge is 0.388 e. The maximum absolute atomic E-state index is 10.3. The van der Waals surface area contributed by atoms with E-state index in [2.05, 4.69) is 0 Å². The highest BCUT2D eigenvalue weighted by Gasteiger charge is 2.20.